The summed E-state index contributed by atoms with van der Waals surface area (Å²) in [6.45, 7) is 1.99. The molecule has 0 radical (unpaired) electrons. The molecule has 25 heavy (non-hydrogen) atoms. The molecule has 5 nitrogen and oxygen atoms in total. The van der Waals surface area contributed by atoms with Crippen LogP contribution in [0, 0.1) is 12.7 Å². The average Bonchev–Trinajstić information content (AvgIpc) is 3.23. The highest BCUT2D eigenvalue weighted by Crippen LogP contribution is 2.20. The van der Waals surface area contributed by atoms with E-state index in [-0.39, 0.29) is 5.91 Å². The highest BCUT2D eigenvalue weighted by Gasteiger charge is 2.12. The topological polar surface area (TPSA) is 62.7 Å². The second-order valence-corrected chi connectivity index (χ2v) is 5.84. The first-order chi connectivity index (χ1) is 12.1. The fourth-order valence-electron chi connectivity index (χ4n) is 2.74. The van der Waals surface area contributed by atoms with Gasteiger partial charge in [0.2, 0.25) is 0 Å². The highest BCUT2D eigenvalue weighted by molar-refractivity contribution is 6.06. The standard InChI is InChI=1S/C19H15FN4O/c1-12-3-4-13-10-17(23-16(13)9-12)19(25)22-14-5-6-18(15(20)11-14)24-8-2-7-21-24/h2-11,23H,1H3,(H,22,25). The molecule has 0 saturated heterocycles. The summed E-state index contributed by atoms with van der Waals surface area (Å²) in [5.41, 5.74) is 3.14. The Morgan fingerprint density at radius 1 is 1.20 bits per heavy atom. The molecular formula is C19H15FN4O. The van der Waals surface area contributed by atoms with Crippen molar-refractivity contribution in [3.05, 3.63) is 78.0 Å². The van der Waals surface area contributed by atoms with Crippen LogP contribution in [0.25, 0.3) is 16.6 Å². The van der Waals surface area contributed by atoms with E-state index in [1.54, 1.807) is 36.7 Å². The summed E-state index contributed by atoms with van der Waals surface area (Å²) < 4.78 is 15.7. The highest BCUT2D eigenvalue weighted by atomic mass is 19.1. The van der Waals surface area contributed by atoms with Crippen LogP contribution in [-0.2, 0) is 0 Å². The second kappa shape index (κ2) is 5.90. The quantitative estimate of drug-likeness (QED) is 0.593. The molecule has 0 fully saturated rings. The molecule has 2 heterocycles. The van der Waals surface area contributed by atoms with Crippen LogP contribution >= 0.6 is 0 Å². The molecule has 0 aliphatic heterocycles. The minimum Gasteiger partial charge on any atom is -0.351 e. The number of H-pyrrole nitrogens is 1. The Labute approximate surface area is 143 Å². The monoisotopic (exact) mass is 334 g/mol. The van der Waals surface area contributed by atoms with Crippen LogP contribution in [0.3, 0.4) is 0 Å². The number of benzene rings is 2. The molecule has 0 saturated carbocycles. The zero-order valence-electron chi connectivity index (χ0n) is 13.5. The summed E-state index contributed by atoms with van der Waals surface area (Å²) in [4.78, 5) is 15.5. The number of anilines is 1. The number of carbonyl (C=O) groups is 1. The molecule has 2 aromatic carbocycles. The fraction of sp³-hybridized carbons (Fsp3) is 0.0526. The molecule has 0 unspecified atom stereocenters. The molecule has 0 spiro atoms. The van der Waals surface area contributed by atoms with Gasteiger partial charge in [-0.1, -0.05) is 12.1 Å². The van der Waals surface area contributed by atoms with Crippen LogP contribution in [0.5, 0.6) is 0 Å². The largest absolute Gasteiger partial charge is 0.351 e. The summed E-state index contributed by atoms with van der Waals surface area (Å²) in [5.74, 6) is -0.783. The van der Waals surface area contributed by atoms with Crippen molar-refractivity contribution in [2.24, 2.45) is 0 Å². The zero-order chi connectivity index (χ0) is 17.4. The van der Waals surface area contributed by atoms with Gasteiger partial charge in [0.1, 0.15) is 11.4 Å². The molecule has 0 aliphatic rings. The molecule has 6 heteroatoms. The molecule has 4 rings (SSSR count). The van der Waals surface area contributed by atoms with E-state index in [4.69, 9.17) is 0 Å². The Morgan fingerprint density at radius 3 is 2.84 bits per heavy atom. The Hall–Kier alpha value is -3.41. The van der Waals surface area contributed by atoms with Crippen molar-refractivity contribution in [1.29, 1.82) is 0 Å². The van der Waals surface area contributed by atoms with Gasteiger partial charge in [-0.3, -0.25) is 4.79 Å². The SMILES string of the molecule is Cc1ccc2cc(C(=O)Nc3ccc(-n4cccn4)c(F)c3)[nH]c2c1. The van der Waals surface area contributed by atoms with Gasteiger partial charge in [0.25, 0.3) is 5.91 Å². The van der Waals surface area contributed by atoms with Crippen LogP contribution in [0.4, 0.5) is 10.1 Å². The van der Waals surface area contributed by atoms with E-state index in [0.29, 0.717) is 17.1 Å². The number of nitrogens with one attached hydrogen (secondary N) is 2. The number of carbonyl (C=O) groups excluding carboxylic acids is 1. The van der Waals surface area contributed by atoms with Gasteiger partial charge in [0, 0.05) is 29.0 Å². The van der Waals surface area contributed by atoms with Crippen molar-refractivity contribution in [1.82, 2.24) is 14.8 Å². The van der Waals surface area contributed by atoms with Crippen LogP contribution in [0.2, 0.25) is 0 Å². The lowest BCUT2D eigenvalue weighted by molar-refractivity contribution is 0.102. The maximum absolute atomic E-state index is 14.3. The summed E-state index contributed by atoms with van der Waals surface area (Å²) in [7, 11) is 0. The first-order valence-corrected chi connectivity index (χ1v) is 7.80. The van der Waals surface area contributed by atoms with Gasteiger partial charge < -0.3 is 10.3 Å². The second-order valence-electron chi connectivity index (χ2n) is 5.84. The number of hydrogen-bond acceptors (Lipinski definition) is 2. The molecule has 0 aliphatic carbocycles. The summed E-state index contributed by atoms with van der Waals surface area (Å²) in [5, 5.41) is 7.66. The zero-order valence-corrected chi connectivity index (χ0v) is 13.5. The van der Waals surface area contributed by atoms with Crippen molar-refractivity contribution in [3.63, 3.8) is 0 Å². The van der Waals surface area contributed by atoms with Crippen molar-refractivity contribution >= 4 is 22.5 Å². The lowest BCUT2D eigenvalue weighted by Crippen LogP contribution is -2.12. The average molecular weight is 334 g/mol. The number of aromatic nitrogens is 3. The van der Waals surface area contributed by atoms with E-state index in [9.17, 15) is 9.18 Å². The van der Waals surface area contributed by atoms with Gasteiger partial charge in [-0.25, -0.2) is 9.07 Å². The number of aromatic amines is 1. The summed E-state index contributed by atoms with van der Waals surface area (Å²) in [6, 6.07) is 13.9. The van der Waals surface area contributed by atoms with Crippen molar-refractivity contribution in [3.8, 4) is 5.69 Å². The van der Waals surface area contributed by atoms with Gasteiger partial charge >= 0.3 is 0 Å². The number of rotatable bonds is 3. The first-order valence-electron chi connectivity index (χ1n) is 7.80. The predicted molar refractivity (Wildman–Crippen MR) is 94.5 cm³/mol. The molecule has 0 atom stereocenters. The molecule has 2 N–H and O–H groups in total. The number of aryl methyl sites for hydroxylation is 1. The normalized spacial score (nSPS) is 11.0. The van der Waals surface area contributed by atoms with E-state index in [1.807, 2.05) is 25.1 Å². The minimum atomic E-state index is -0.464. The molecule has 0 bridgehead atoms. The molecule has 124 valence electrons. The molecular weight excluding hydrogens is 319 g/mol. The molecule has 1 amide bonds. The van der Waals surface area contributed by atoms with E-state index >= 15 is 0 Å². The summed E-state index contributed by atoms with van der Waals surface area (Å²) >= 11 is 0. The van der Waals surface area contributed by atoms with Gasteiger partial charge in [-0.15, -0.1) is 0 Å². The third kappa shape index (κ3) is 2.89. The molecule has 2 aromatic heterocycles. The van der Waals surface area contributed by atoms with E-state index < -0.39 is 5.82 Å². The van der Waals surface area contributed by atoms with Crippen LogP contribution in [0.15, 0.2) is 60.9 Å². The van der Waals surface area contributed by atoms with E-state index in [0.717, 1.165) is 16.5 Å². The maximum Gasteiger partial charge on any atom is 0.272 e. The van der Waals surface area contributed by atoms with Crippen LogP contribution in [0.1, 0.15) is 16.1 Å². The smallest absolute Gasteiger partial charge is 0.272 e. The minimum absolute atomic E-state index is 0.319. The Kier molecular flexibility index (Phi) is 3.57. The predicted octanol–water partition coefficient (Wildman–Crippen LogP) is 4.05. The van der Waals surface area contributed by atoms with Crippen molar-refractivity contribution < 1.29 is 9.18 Å². The van der Waals surface area contributed by atoms with Gasteiger partial charge in [-0.05, 0) is 48.9 Å². The number of hydrogen-bond donors (Lipinski definition) is 2. The lowest BCUT2D eigenvalue weighted by Gasteiger charge is -2.07. The third-order valence-corrected chi connectivity index (χ3v) is 3.98. The fourth-order valence-corrected chi connectivity index (χ4v) is 2.74. The Morgan fingerprint density at radius 2 is 2.08 bits per heavy atom. The number of nitrogens with zero attached hydrogens (tertiary/aromatic N) is 2. The van der Waals surface area contributed by atoms with Crippen LogP contribution in [-0.4, -0.2) is 20.7 Å². The summed E-state index contributed by atoms with van der Waals surface area (Å²) in [6.07, 6.45) is 3.23. The van der Waals surface area contributed by atoms with Crippen LogP contribution < -0.4 is 5.32 Å². The first kappa shape index (κ1) is 15.1. The lowest BCUT2D eigenvalue weighted by atomic mass is 10.2. The van der Waals surface area contributed by atoms with Crippen molar-refractivity contribution in [2.75, 3.05) is 5.32 Å². The number of fused-ring (bicyclic) bond motifs is 1. The van der Waals surface area contributed by atoms with Gasteiger partial charge in [0.05, 0.1) is 0 Å². The van der Waals surface area contributed by atoms with Gasteiger partial charge in [0.15, 0.2) is 5.82 Å². The molecule has 4 aromatic rings. The maximum atomic E-state index is 14.3. The number of halogens is 1. The van der Waals surface area contributed by atoms with E-state index in [1.165, 1.54) is 10.7 Å². The van der Waals surface area contributed by atoms with Gasteiger partial charge in [-0.2, -0.15) is 5.10 Å². The van der Waals surface area contributed by atoms with Crippen molar-refractivity contribution in [2.45, 2.75) is 6.92 Å². The van der Waals surface area contributed by atoms with E-state index in [2.05, 4.69) is 15.4 Å². The third-order valence-electron chi connectivity index (χ3n) is 3.98. The Bertz CT molecular complexity index is 1070. The number of amides is 1. The Balaban J connectivity index is 1.58.